The molecule has 4 N–H and O–H groups in total. The molecule has 0 saturated carbocycles. The minimum absolute atomic E-state index is 0.0603. The van der Waals surface area contributed by atoms with E-state index in [0.29, 0.717) is 16.5 Å². The van der Waals surface area contributed by atoms with Crippen LogP contribution in [-0.4, -0.2) is 22.9 Å². The Kier molecular flexibility index (Phi) is 5.99. The van der Waals surface area contributed by atoms with E-state index in [9.17, 15) is 14.4 Å². The molecule has 0 spiro atoms. The maximum absolute atomic E-state index is 12.2. The second-order valence-electron chi connectivity index (χ2n) is 6.54. The largest absolute Gasteiger partial charge is 0.481 e. The first kappa shape index (κ1) is 18.4. The van der Waals surface area contributed by atoms with Gasteiger partial charge in [0.1, 0.15) is 5.00 Å². The van der Waals surface area contributed by atoms with Gasteiger partial charge in [-0.3, -0.25) is 14.4 Å². The van der Waals surface area contributed by atoms with Gasteiger partial charge >= 0.3 is 5.97 Å². The van der Waals surface area contributed by atoms with Crippen LogP contribution in [0.4, 0.5) is 5.00 Å². The molecular formula is C17H24N2O4S. The second-order valence-corrected chi connectivity index (χ2v) is 7.65. The maximum Gasteiger partial charge on any atom is 0.303 e. The molecule has 0 aromatic carbocycles. The number of thiophene rings is 1. The van der Waals surface area contributed by atoms with Crippen molar-refractivity contribution in [3.8, 4) is 0 Å². The Balaban J connectivity index is 2.15. The van der Waals surface area contributed by atoms with Gasteiger partial charge in [-0.15, -0.1) is 11.3 Å². The number of rotatable bonds is 7. The molecule has 2 rings (SSSR count). The van der Waals surface area contributed by atoms with Crippen LogP contribution < -0.4 is 11.1 Å². The molecule has 1 aromatic heterocycles. The second kappa shape index (κ2) is 7.79. The zero-order chi connectivity index (χ0) is 17.9. The van der Waals surface area contributed by atoms with Crippen LogP contribution in [0.2, 0.25) is 0 Å². The summed E-state index contributed by atoms with van der Waals surface area (Å²) in [5.74, 6) is -1.38. The summed E-state index contributed by atoms with van der Waals surface area (Å²) in [6, 6.07) is 0. The summed E-state index contributed by atoms with van der Waals surface area (Å²) in [7, 11) is 0. The van der Waals surface area contributed by atoms with Crippen LogP contribution in [0, 0.1) is 11.8 Å². The monoisotopic (exact) mass is 352 g/mol. The third-order valence-corrected chi connectivity index (χ3v) is 5.67. The van der Waals surface area contributed by atoms with Gasteiger partial charge in [-0.25, -0.2) is 0 Å². The number of primary amides is 1. The molecule has 0 radical (unpaired) electrons. The van der Waals surface area contributed by atoms with Gasteiger partial charge in [0.2, 0.25) is 5.91 Å². The lowest BCUT2D eigenvalue weighted by Gasteiger charge is -2.20. The lowest BCUT2D eigenvalue weighted by molar-refractivity contribution is -0.138. The van der Waals surface area contributed by atoms with Crippen molar-refractivity contribution in [2.45, 2.75) is 52.4 Å². The zero-order valence-electron chi connectivity index (χ0n) is 14.1. The summed E-state index contributed by atoms with van der Waals surface area (Å²) < 4.78 is 0. The topological polar surface area (TPSA) is 109 Å². The van der Waals surface area contributed by atoms with E-state index in [1.165, 1.54) is 11.3 Å². The molecule has 0 aliphatic heterocycles. The van der Waals surface area contributed by atoms with Crippen LogP contribution in [0.3, 0.4) is 0 Å². The predicted molar refractivity (Wildman–Crippen MR) is 93.3 cm³/mol. The fourth-order valence-corrected chi connectivity index (χ4v) is 4.60. The normalized spacial score (nSPS) is 17.8. The highest BCUT2D eigenvalue weighted by atomic mass is 32.1. The van der Waals surface area contributed by atoms with E-state index >= 15 is 0 Å². The standard InChI is InChI=1S/C17H24N2O4S/c1-3-10-4-5-11-12(8-10)24-17(15(11)16(18)23)19-13(20)6-9(2)7-14(21)22/h9-10H,3-8H2,1-2H3,(H2,18,23)(H,19,20)(H,21,22)/t9-,10-/m1/s1. The molecule has 1 heterocycles. The Morgan fingerprint density at radius 1 is 1.38 bits per heavy atom. The average molecular weight is 352 g/mol. The molecule has 2 amide bonds. The van der Waals surface area contributed by atoms with Crippen molar-refractivity contribution in [2.24, 2.45) is 17.6 Å². The van der Waals surface area contributed by atoms with Crippen LogP contribution in [0.1, 0.15) is 60.3 Å². The number of anilines is 1. The summed E-state index contributed by atoms with van der Waals surface area (Å²) in [5, 5.41) is 12.1. The van der Waals surface area contributed by atoms with E-state index in [0.717, 1.165) is 36.1 Å². The van der Waals surface area contributed by atoms with Gasteiger partial charge < -0.3 is 16.2 Å². The zero-order valence-corrected chi connectivity index (χ0v) is 14.9. The quantitative estimate of drug-likeness (QED) is 0.701. The molecule has 0 fully saturated rings. The number of nitrogens with one attached hydrogen (secondary N) is 1. The van der Waals surface area contributed by atoms with E-state index in [1.54, 1.807) is 6.92 Å². The van der Waals surface area contributed by atoms with E-state index in [-0.39, 0.29) is 24.7 Å². The molecule has 132 valence electrons. The summed E-state index contributed by atoms with van der Waals surface area (Å²) in [5.41, 5.74) is 6.94. The van der Waals surface area contributed by atoms with Gasteiger partial charge in [-0.05, 0) is 36.7 Å². The van der Waals surface area contributed by atoms with Crippen molar-refractivity contribution in [2.75, 3.05) is 5.32 Å². The van der Waals surface area contributed by atoms with Gasteiger partial charge in [0, 0.05) is 17.7 Å². The van der Waals surface area contributed by atoms with Crippen molar-refractivity contribution in [3.05, 3.63) is 16.0 Å². The van der Waals surface area contributed by atoms with Gasteiger partial charge in [-0.1, -0.05) is 20.3 Å². The van der Waals surface area contributed by atoms with Gasteiger partial charge in [0.25, 0.3) is 5.91 Å². The number of carboxylic acid groups (broad SMARTS) is 1. The van der Waals surface area contributed by atoms with Crippen LogP contribution >= 0.6 is 11.3 Å². The molecule has 0 bridgehead atoms. The summed E-state index contributed by atoms with van der Waals surface area (Å²) in [6.07, 6.45) is 3.90. The molecule has 7 heteroatoms. The molecule has 6 nitrogen and oxygen atoms in total. The van der Waals surface area contributed by atoms with Crippen LogP contribution in [-0.2, 0) is 22.4 Å². The number of carbonyl (C=O) groups excluding carboxylic acids is 2. The van der Waals surface area contributed by atoms with Crippen LogP contribution in [0.25, 0.3) is 0 Å². The van der Waals surface area contributed by atoms with Crippen LogP contribution in [0.5, 0.6) is 0 Å². The molecule has 2 atom stereocenters. The number of amides is 2. The van der Waals surface area contributed by atoms with Crippen molar-refractivity contribution in [1.29, 1.82) is 0 Å². The molecule has 1 aromatic rings. The Labute approximate surface area is 145 Å². The first-order chi connectivity index (χ1) is 11.3. The highest BCUT2D eigenvalue weighted by Crippen LogP contribution is 2.40. The van der Waals surface area contributed by atoms with Gasteiger partial charge in [-0.2, -0.15) is 0 Å². The third-order valence-electron chi connectivity index (χ3n) is 4.50. The number of carbonyl (C=O) groups is 3. The Bertz CT molecular complexity index is 653. The molecule has 1 aliphatic rings. The van der Waals surface area contributed by atoms with E-state index in [4.69, 9.17) is 10.8 Å². The van der Waals surface area contributed by atoms with E-state index < -0.39 is 11.9 Å². The summed E-state index contributed by atoms with van der Waals surface area (Å²) >= 11 is 1.43. The summed E-state index contributed by atoms with van der Waals surface area (Å²) in [4.78, 5) is 35.8. The molecule has 0 unspecified atom stereocenters. The number of fused-ring (bicyclic) bond motifs is 1. The average Bonchev–Trinajstić information content (AvgIpc) is 2.82. The van der Waals surface area contributed by atoms with E-state index in [1.807, 2.05) is 0 Å². The lowest BCUT2D eigenvalue weighted by Crippen LogP contribution is -2.21. The highest BCUT2D eigenvalue weighted by molar-refractivity contribution is 7.17. The fourth-order valence-electron chi connectivity index (χ4n) is 3.22. The third kappa shape index (κ3) is 4.35. The fraction of sp³-hybridized carbons (Fsp3) is 0.588. The molecule has 24 heavy (non-hydrogen) atoms. The molecular weight excluding hydrogens is 328 g/mol. The highest BCUT2D eigenvalue weighted by Gasteiger charge is 2.28. The maximum atomic E-state index is 12.2. The number of carboxylic acids is 1. The number of nitrogens with two attached hydrogens (primary N) is 1. The van der Waals surface area contributed by atoms with E-state index in [2.05, 4.69) is 12.2 Å². The van der Waals surface area contributed by atoms with Crippen molar-refractivity contribution >= 4 is 34.1 Å². The Hall–Kier alpha value is -1.89. The van der Waals surface area contributed by atoms with Crippen molar-refractivity contribution < 1.29 is 19.5 Å². The van der Waals surface area contributed by atoms with Gasteiger partial charge in [0.05, 0.1) is 5.56 Å². The Morgan fingerprint density at radius 3 is 2.67 bits per heavy atom. The smallest absolute Gasteiger partial charge is 0.303 e. The number of hydrogen-bond acceptors (Lipinski definition) is 4. The van der Waals surface area contributed by atoms with Crippen molar-refractivity contribution in [3.63, 3.8) is 0 Å². The minimum Gasteiger partial charge on any atom is -0.481 e. The number of aliphatic carboxylic acids is 1. The molecule has 0 saturated heterocycles. The number of hydrogen-bond donors (Lipinski definition) is 3. The Morgan fingerprint density at radius 2 is 2.08 bits per heavy atom. The van der Waals surface area contributed by atoms with Gasteiger partial charge in [0.15, 0.2) is 0 Å². The molecule has 1 aliphatic carbocycles. The SMILES string of the molecule is CC[C@@H]1CCc2c(sc(NC(=O)C[C@@H](C)CC(=O)O)c2C(N)=O)C1. The first-order valence-electron chi connectivity index (χ1n) is 8.27. The predicted octanol–water partition coefficient (Wildman–Crippen LogP) is 2.80. The lowest BCUT2D eigenvalue weighted by atomic mass is 9.85. The van der Waals surface area contributed by atoms with Crippen LogP contribution in [0.15, 0.2) is 0 Å². The van der Waals surface area contributed by atoms with Crippen molar-refractivity contribution in [1.82, 2.24) is 0 Å². The summed E-state index contributed by atoms with van der Waals surface area (Å²) in [6.45, 7) is 3.87. The minimum atomic E-state index is -0.926. The first-order valence-corrected chi connectivity index (χ1v) is 9.09.